The quantitative estimate of drug-likeness (QED) is 0.770. The van der Waals surface area contributed by atoms with Crippen LogP contribution in [-0.2, 0) is 4.74 Å². The van der Waals surface area contributed by atoms with Crippen molar-refractivity contribution in [2.24, 2.45) is 0 Å². The molecule has 0 unspecified atom stereocenters. The first kappa shape index (κ1) is 12.2. The summed E-state index contributed by atoms with van der Waals surface area (Å²) in [7, 11) is 0. The molecule has 2 aromatic rings. The summed E-state index contributed by atoms with van der Waals surface area (Å²) in [5.41, 5.74) is 3.41. The predicted molar refractivity (Wildman–Crippen MR) is 73.0 cm³/mol. The second-order valence-corrected chi connectivity index (χ2v) is 4.81. The summed E-state index contributed by atoms with van der Waals surface area (Å²) in [5.74, 6) is 0.0455. The number of rotatable bonds is 2. The first-order chi connectivity index (χ1) is 9.16. The minimum absolute atomic E-state index is 0.0455. The molecule has 1 fully saturated rings. The van der Waals surface area contributed by atoms with Gasteiger partial charge < -0.3 is 9.64 Å². The number of nitrogens with zero attached hydrogens (tertiary/aromatic N) is 3. The molecule has 5 nitrogen and oxygen atoms in total. The van der Waals surface area contributed by atoms with Gasteiger partial charge in [0.15, 0.2) is 5.78 Å². The summed E-state index contributed by atoms with van der Waals surface area (Å²) < 4.78 is 7.22. The van der Waals surface area contributed by atoms with E-state index in [0.29, 0.717) is 5.69 Å². The first-order valence-corrected chi connectivity index (χ1v) is 6.49. The number of Topliss-reactive ketones (excluding diaryl/α,β-unsaturated/α-hetero) is 1. The number of carbonyl (C=O) groups is 1. The van der Waals surface area contributed by atoms with Gasteiger partial charge in [-0.3, -0.25) is 9.20 Å². The Balaban J connectivity index is 2.04. The van der Waals surface area contributed by atoms with Crippen molar-refractivity contribution in [1.82, 2.24) is 9.38 Å². The maximum Gasteiger partial charge on any atom is 0.178 e. The number of pyridine rings is 1. The summed E-state index contributed by atoms with van der Waals surface area (Å²) >= 11 is 0. The minimum Gasteiger partial charge on any atom is -0.378 e. The van der Waals surface area contributed by atoms with E-state index in [0.717, 1.165) is 43.3 Å². The van der Waals surface area contributed by atoms with E-state index in [1.54, 1.807) is 6.92 Å². The predicted octanol–water partition coefficient (Wildman–Crippen LogP) is 1.68. The maximum absolute atomic E-state index is 11.6. The molecule has 0 spiro atoms. The molecule has 5 heteroatoms. The average Bonchev–Trinajstić information content (AvgIpc) is 2.74. The third-order valence-electron chi connectivity index (χ3n) is 3.49. The van der Waals surface area contributed by atoms with E-state index in [-0.39, 0.29) is 5.78 Å². The lowest BCUT2D eigenvalue weighted by Crippen LogP contribution is -2.36. The van der Waals surface area contributed by atoms with Crippen molar-refractivity contribution >= 4 is 17.1 Å². The van der Waals surface area contributed by atoms with Crippen LogP contribution in [0.25, 0.3) is 5.65 Å². The number of hydrogen-bond acceptors (Lipinski definition) is 4. The van der Waals surface area contributed by atoms with E-state index < -0.39 is 0 Å². The molecular weight excluding hydrogens is 242 g/mol. The van der Waals surface area contributed by atoms with E-state index in [2.05, 4.69) is 9.88 Å². The van der Waals surface area contributed by atoms with Gasteiger partial charge in [-0.05, 0) is 13.0 Å². The highest BCUT2D eigenvalue weighted by Crippen LogP contribution is 2.20. The third-order valence-corrected chi connectivity index (χ3v) is 3.49. The molecule has 19 heavy (non-hydrogen) atoms. The highest BCUT2D eigenvalue weighted by atomic mass is 16.5. The van der Waals surface area contributed by atoms with Crippen LogP contribution in [0, 0.1) is 6.92 Å². The van der Waals surface area contributed by atoms with E-state index in [9.17, 15) is 4.79 Å². The zero-order chi connectivity index (χ0) is 13.4. The van der Waals surface area contributed by atoms with E-state index in [1.165, 1.54) is 0 Å². The van der Waals surface area contributed by atoms with Gasteiger partial charge in [-0.2, -0.15) is 0 Å². The lowest BCUT2D eigenvalue weighted by molar-refractivity contribution is 0.101. The zero-order valence-corrected chi connectivity index (χ0v) is 11.2. The molecule has 0 radical (unpaired) electrons. The molecule has 0 aliphatic carbocycles. The molecule has 0 saturated carbocycles. The molecular formula is C14H17N3O2. The number of anilines is 1. The van der Waals surface area contributed by atoms with E-state index in [1.807, 2.05) is 29.7 Å². The Bertz CT molecular complexity index is 627. The van der Waals surface area contributed by atoms with E-state index >= 15 is 0 Å². The van der Waals surface area contributed by atoms with Crippen molar-refractivity contribution in [3.05, 3.63) is 29.7 Å². The lowest BCUT2D eigenvalue weighted by atomic mass is 10.2. The summed E-state index contributed by atoms with van der Waals surface area (Å²) in [6.45, 7) is 6.77. The highest BCUT2D eigenvalue weighted by molar-refractivity contribution is 5.94. The Morgan fingerprint density at radius 3 is 2.79 bits per heavy atom. The van der Waals surface area contributed by atoms with Crippen LogP contribution in [0.4, 0.5) is 5.69 Å². The zero-order valence-electron chi connectivity index (χ0n) is 11.2. The Morgan fingerprint density at radius 2 is 2.11 bits per heavy atom. The van der Waals surface area contributed by atoms with Crippen LogP contribution in [0.2, 0.25) is 0 Å². The number of aromatic nitrogens is 2. The molecule has 0 bridgehead atoms. The lowest BCUT2D eigenvalue weighted by Gasteiger charge is -2.28. The number of ether oxygens (including phenoxy) is 1. The molecule has 0 aromatic carbocycles. The van der Waals surface area contributed by atoms with E-state index in [4.69, 9.17) is 4.74 Å². The Labute approximate surface area is 111 Å². The van der Waals surface area contributed by atoms with Gasteiger partial charge in [-0.15, -0.1) is 0 Å². The van der Waals surface area contributed by atoms with Gasteiger partial charge in [0, 0.05) is 38.0 Å². The topological polar surface area (TPSA) is 46.8 Å². The Kier molecular flexibility index (Phi) is 2.98. The molecule has 3 heterocycles. The van der Waals surface area contributed by atoms with Gasteiger partial charge in [0.2, 0.25) is 0 Å². The average molecular weight is 259 g/mol. The van der Waals surface area contributed by atoms with Crippen LogP contribution in [0.15, 0.2) is 18.3 Å². The summed E-state index contributed by atoms with van der Waals surface area (Å²) in [6.07, 6.45) is 1.93. The smallest absolute Gasteiger partial charge is 0.178 e. The fourth-order valence-corrected chi connectivity index (χ4v) is 2.59. The fraction of sp³-hybridized carbons (Fsp3) is 0.429. The van der Waals surface area contributed by atoms with Crippen molar-refractivity contribution in [3.8, 4) is 0 Å². The number of fused-ring (bicyclic) bond motifs is 1. The molecule has 3 rings (SSSR count). The second kappa shape index (κ2) is 4.66. The van der Waals surface area contributed by atoms with Crippen molar-refractivity contribution in [2.75, 3.05) is 31.2 Å². The van der Waals surface area contributed by atoms with Gasteiger partial charge in [0.1, 0.15) is 11.3 Å². The maximum atomic E-state index is 11.6. The number of imidazole rings is 1. The van der Waals surface area contributed by atoms with Gasteiger partial charge in [0.05, 0.1) is 18.9 Å². The SMILES string of the molecule is CC(=O)c1c(C)nc2cc(N3CCOCC3)ccn12. The summed E-state index contributed by atoms with van der Waals surface area (Å²) in [6, 6.07) is 4.07. The molecule has 100 valence electrons. The van der Waals surface area contributed by atoms with Gasteiger partial charge in [0.25, 0.3) is 0 Å². The van der Waals surface area contributed by atoms with Gasteiger partial charge in [-0.25, -0.2) is 4.98 Å². The standard InChI is InChI=1S/C14H17N3O2/c1-10-14(11(2)18)17-4-3-12(9-13(17)15-10)16-5-7-19-8-6-16/h3-4,9H,5-8H2,1-2H3. The molecule has 1 aliphatic heterocycles. The van der Waals surface area contributed by atoms with Crippen LogP contribution < -0.4 is 4.90 Å². The number of morpholine rings is 1. The van der Waals surface area contributed by atoms with Gasteiger partial charge in [-0.1, -0.05) is 0 Å². The first-order valence-electron chi connectivity index (χ1n) is 6.49. The number of hydrogen-bond donors (Lipinski definition) is 0. The number of ketones is 1. The summed E-state index contributed by atoms with van der Waals surface area (Å²) in [4.78, 5) is 18.4. The Morgan fingerprint density at radius 1 is 1.37 bits per heavy atom. The van der Waals surface area contributed by atoms with Crippen LogP contribution in [-0.4, -0.2) is 41.5 Å². The van der Waals surface area contributed by atoms with Crippen LogP contribution in [0.1, 0.15) is 23.1 Å². The monoisotopic (exact) mass is 259 g/mol. The van der Waals surface area contributed by atoms with Crippen LogP contribution >= 0.6 is 0 Å². The van der Waals surface area contributed by atoms with Crippen molar-refractivity contribution in [2.45, 2.75) is 13.8 Å². The third kappa shape index (κ3) is 2.10. The second-order valence-electron chi connectivity index (χ2n) is 4.81. The van der Waals surface area contributed by atoms with Crippen LogP contribution in [0.3, 0.4) is 0 Å². The van der Waals surface area contributed by atoms with Crippen molar-refractivity contribution in [1.29, 1.82) is 0 Å². The number of carbonyl (C=O) groups excluding carboxylic acids is 1. The van der Waals surface area contributed by atoms with Gasteiger partial charge >= 0.3 is 0 Å². The normalized spacial score (nSPS) is 16.0. The number of aryl methyl sites for hydroxylation is 1. The van der Waals surface area contributed by atoms with Crippen LogP contribution in [0.5, 0.6) is 0 Å². The molecule has 1 aliphatic rings. The van der Waals surface area contributed by atoms with Crippen molar-refractivity contribution < 1.29 is 9.53 Å². The largest absolute Gasteiger partial charge is 0.378 e. The fourth-order valence-electron chi connectivity index (χ4n) is 2.59. The molecule has 0 amide bonds. The molecule has 0 atom stereocenters. The minimum atomic E-state index is 0.0455. The summed E-state index contributed by atoms with van der Waals surface area (Å²) in [5, 5.41) is 0. The van der Waals surface area contributed by atoms with Crippen molar-refractivity contribution in [3.63, 3.8) is 0 Å². The molecule has 2 aromatic heterocycles. The molecule has 1 saturated heterocycles. The highest BCUT2D eigenvalue weighted by Gasteiger charge is 2.15. The Hall–Kier alpha value is -1.88. The molecule has 0 N–H and O–H groups in total.